The second-order valence-electron chi connectivity index (χ2n) is 11.5. The maximum absolute atomic E-state index is 14.2. The fraction of sp³-hybridized carbons (Fsp3) is 0.235. The van der Waals surface area contributed by atoms with Gasteiger partial charge in [0.25, 0.3) is 0 Å². The molecule has 6 nitrogen and oxygen atoms in total. The first-order chi connectivity index (χ1) is 22.1. The molecule has 2 aliphatic rings. The van der Waals surface area contributed by atoms with E-state index in [2.05, 4.69) is 4.67 Å². The van der Waals surface area contributed by atoms with Gasteiger partial charge in [0.2, 0.25) is 12.3 Å². The third-order valence-corrected chi connectivity index (χ3v) is 12.5. The molecule has 0 aliphatic carbocycles. The van der Waals surface area contributed by atoms with E-state index in [0.717, 1.165) is 44.1 Å². The topological polar surface area (TPSA) is 47.6 Å². The third kappa shape index (κ3) is 5.20. The Labute approximate surface area is 269 Å². The fourth-order valence-corrected chi connectivity index (χ4v) is 10.0. The number of hydrogen-bond donors (Lipinski definition) is 0. The molecule has 0 amide bonds. The molecule has 0 spiro atoms. The number of nitrogens with zero attached hydrogens (tertiary/aromatic N) is 5. The number of aryl methyl sites for hydroxylation is 1. The van der Waals surface area contributed by atoms with Crippen molar-refractivity contribution in [2.45, 2.75) is 39.3 Å². The van der Waals surface area contributed by atoms with Crippen molar-refractivity contribution in [3.05, 3.63) is 113 Å². The van der Waals surface area contributed by atoms with Gasteiger partial charge in [0.05, 0.1) is 16.9 Å². The summed E-state index contributed by atoms with van der Waals surface area (Å²) in [4.78, 5) is 4.97. The summed E-state index contributed by atoms with van der Waals surface area (Å²) in [6, 6.07) is 22.9. The highest BCUT2D eigenvalue weighted by atomic mass is 32.4. The molecular weight excluding hydrogens is 633 g/mol. The molecule has 0 bridgehead atoms. The summed E-state index contributed by atoms with van der Waals surface area (Å²) in [6.45, 7) is 5.03. The Kier molecular flexibility index (Phi) is 7.74. The van der Waals surface area contributed by atoms with Gasteiger partial charge < -0.3 is 9.09 Å². The summed E-state index contributed by atoms with van der Waals surface area (Å²) in [5.41, 5.74) is 3.02. The summed E-state index contributed by atoms with van der Waals surface area (Å²) < 4.78 is 68.7. The number of aromatic nitrogens is 3. The van der Waals surface area contributed by atoms with E-state index in [-0.39, 0.29) is 17.4 Å². The van der Waals surface area contributed by atoms with Crippen molar-refractivity contribution in [3.63, 3.8) is 0 Å². The van der Waals surface area contributed by atoms with Crippen LogP contribution < -0.4 is 5.30 Å². The predicted octanol–water partition coefficient (Wildman–Crippen LogP) is 8.63. The summed E-state index contributed by atoms with van der Waals surface area (Å²) in [7, 11) is 0. The van der Waals surface area contributed by atoms with Gasteiger partial charge in [-0.1, -0.05) is 36.8 Å². The molecule has 0 radical (unpaired) electrons. The number of hydrogen-bond acceptors (Lipinski definition) is 4. The highest BCUT2D eigenvalue weighted by Crippen LogP contribution is 2.58. The first-order valence-electron chi connectivity index (χ1n) is 15.0. The van der Waals surface area contributed by atoms with Crippen LogP contribution in [0.3, 0.4) is 0 Å². The Balaban J connectivity index is 1.51. The molecule has 4 heterocycles. The molecule has 5 aromatic rings. The largest absolute Gasteiger partial charge is 0.431 e. The molecule has 2 aromatic heterocycles. The molecule has 1 fully saturated rings. The van der Waals surface area contributed by atoms with Crippen molar-refractivity contribution in [2.75, 3.05) is 13.1 Å². The number of benzene rings is 3. The first-order valence-corrected chi connectivity index (χ1v) is 17.7. The van der Waals surface area contributed by atoms with Crippen LogP contribution in [-0.4, -0.2) is 38.0 Å². The third-order valence-electron chi connectivity index (χ3n) is 8.47. The van der Waals surface area contributed by atoms with Crippen LogP contribution in [0.15, 0.2) is 89.9 Å². The molecule has 3 aromatic carbocycles. The van der Waals surface area contributed by atoms with Gasteiger partial charge in [-0.15, -0.1) is 0 Å². The summed E-state index contributed by atoms with van der Waals surface area (Å²) in [5.74, 6) is 0.408. The summed E-state index contributed by atoms with van der Waals surface area (Å²) in [5, 5.41) is 5.77. The Morgan fingerprint density at radius 3 is 2.24 bits per heavy atom. The monoisotopic (exact) mass is 663 g/mol. The lowest BCUT2D eigenvalue weighted by Gasteiger charge is -2.39. The van der Waals surface area contributed by atoms with Gasteiger partial charge >= 0.3 is 6.18 Å². The van der Waals surface area contributed by atoms with E-state index in [1.54, 1.807) is 41.3 Å². The molecule has 0 N–H and O–H groups in total. The van der Waals surface area contributed by atoms with Gasteiger partial charge in [0.1, 0.15) is 16.8 Å². The lowest BCUT2D eigenvalue weighted by Crippen LogP contribution is -2.35. The van der Waals surface area contributed by atoms with E-state index in [4.69, 9.17) is 26.4 Å². The molecule has 1 saturated heterocycles. The zero-order valence-electron chi connectivity index (χ0n) is 25.1. The quantitative estimate of drug-likeness (QED) is 0.140. The molecule has 46 heavy (non-hydrogen) atoms. The molecule has 0 saturated carbocycles. The van der Waals surface area contributed by atoms with E-state index in [1.165, 1.54) is 24.3 Å². The smallest absolute Gasteiger partial charge is 0.418 e. The first kappa shape index (κ1) is 30.6. The standard InChI is InChI=1S/C34H30F4N5OPS/c1-22-21-27(23(2)42(22)29-14-8-7-13-28(29)34(36,37)38)30-31-32(43(40-30)26-11-5-3-6-12-26)39-33(24-15-17-25(35)18-16-24)44-45(31,46)41-19-9-4-10-20-41/h3,5-8,11-18,21H,4,9-10,19-20H2,1-2H3. The summed E-state index contributed by atoms with van der Waals surface area (Å²) in [6.07, 6.45) is -4.64. The van der Waals surface area contributed by atoms with Gasteiger partial charge in [-0.05, 0) is 93.1 Å². The Bertz CT molecular complexity index is 2010. The van der Waals surface area contributed by atoms with Crippen LogP contribution in [0.1, 0.15) is 41.8 Å². The zero-order chi connectivity index (χ0) is 32.2. The van der Waals surface area contributed by atoms with Crippen molar-refractivity contribution in [3.8, 4) is 22.6 Å². The van der Waals surface area contributed by atoms with Crippen LogP contribution in [-0.2, 0) is 22.5 Å². The number of para-hydroxylation sites is 2. The van der Waals surface area contributed by atoms with Crippen LogP contribution in [0.5, 0.6) is 0 Å². The molecule has 1 atom stereocenters. The minimum Gasteiger partial charge on any atom is -0.431 e. The molecule has 2 aliphatic heterocycles. The predicted molar refractivity (Wildman–Crippen MR) is 176 cm³/mol. The van der Waals surface area contributed by atoms with E-state index in [9.17, 15) is 17.6 Å². The van der Waals surface area contributed by atoms with Gasteiger partial charge in [0.15, 0.2) is 5.82 Å². The number of rotatable bonds is 5. The van der Waals surface area contributed by atoms with Crippen LogP contribution in [0, 0.1) is 19.7 Å². The zero-order valence-corrected chi connectivity index (χ0v) is 26.8. The van der Waals surface area contributed by atoms with E-state index in [1.807, 2.05) is 36.4 Å². The average Bonchev–Trinajstić information content (AvgIpc) is 3.58. The number of fused-ring (bicyclic) bond motifs is 1. The highest BCUT2D eigenvalue weighted by Gasteiger charge is 2.44. The number of aliphatic imine (C=N–C) groups is 1. The molecule has 1 unspecified atom stereocenters. The minimum absolute atomic E-state index is 0.0379. The van der Waals surface area contributed by atoms with Gasteiger partial charge in [0, 0.05) is 35.6 Å². The Hall–Kier alpha value is -4.05. The number of alkyl halides is 3. The molecule has 236 valence electrons. The normalized spacial score (nSPS) is 18.6. The Morgan fingerprint density at radius 2 is 1.54 bits per heavy atom. The van der Waals surface area contributed by atoms with Crippen LogP contribution >= 0.6 is 6.42 Å². The molecule has 12 heteroatoms. The van der Waals surface area contributed by atoms with Crippen molar-refractivity contribution < 1.29 is 22.1 Å². The van der Waals surface area contributed by atoms with Crippen molar-refractivity contribution in [1.82, 2.24) is 19.0 Å². The maximum atomic E-state index is 14.2. The SMILES string of the molecule is Cc1cc(-c2nn(-c3ccccc3)c3c2P(=S)(N2CCCCC2)OC(c2ccc(F)cc2)=N3)c(C)n1-c1ccccc1C(F)(F)F. The lowest BCUT2D eigenvalue weighted by atomic mass is 10.1. The van der Waals surface area contributed by atoms with E-state index < -0.39 is 18.2 Å². The molecule has 7 rings (SSSR count). The van der Waals surface area contributed by atoms with Crippen LogP contribution in [0.4, 0.5) is 23.4 Å². The average molecular weight is 664 g/mol. The van der Waals surface area contributed by atoms with Crippen molar-refractivity contribution >= 4 is 35.2 Å². The summed E-state index contributed by atoms with van der Waals surface area (Å²) >= 11 is 6.58. The minimum atomic E-state index is -4.54. The van der Waals surface area contributed by atoms with Crippen LogP contribution in [0.2, 0.25) is 0 Å². The number of halogens is 4. The second kappa shape index (κ2) is 11.6. The lowest BCUT2D eigenvalue weighted by molar-refractivity contribution is -0.137. The van der Waals surface area contributed by atoms with Crippen LogP contribution in [0.25, 0.3) is 22.6 Å². The fourth-order valence-electron chi connectivity index (χ4n) is 6.30. The van der Waals surface area contributed by atoms with E-state index >= 15 is 0 Å². The van der Waals surface area contributed by atoms with Crippen molar-refractivity contribution in [1.29, 1.82) is 0 Å². The highest BCUT2D eigenvalue weighted by molar-refractivity contribution is 8.15. The van der Waals surface area contributed by atoms with Gasteiger partial charge in [-0.3, -0.25) is 0 Å². The van der Waals surface area contributed by atoms with E-state index in [0.29, 0.717) is 39.3 Å². The van der Waals surface area contributed by atoms with Gasteiger partial charge in [-0.25, -0.2) is 13.7 Å². The number of piperidine rings is 1. The Morgan fingerprint density at radius 1 is 0.870 bits per heavy atom. The van der Waals surface area contributed by atoms with Gasteiger partial charge in [-0.2, -0.15) is 23.3 Å². The second-order valence-corrected chi connectivity index (χ2v) is 15.2. The maximum Gasteiger partial charge on any atom is 0.418 e. The van der Waals surface area contributed by atoms with Crippen molar-refractivity contribution in [2.24, 2.45) is 4.99 Å². The molecular formula is C34H30F4N5OPS.